The average molecular weight is 244 g/mol. The van der Waals surface area contributed by atoms with E-state index in [-0.39, 0.29) is 0 Å². The molecule has 0 saturated heterocycles. The van der Waals surface area contributed by atoms with Gasteiger partial charge in [0.2, 0.25) is 0 Å². The first-order valence-corrected chi connectivity index (χ1v) is 5.86. The molecule has 0 saturated carbocycles. The fourth-order valence-electron chi connectivity index (χ4n) is 1.84. The number of hydrogen-bond donors (Lipinski definition) is 0. The van der Waals surface area contributed by atoms with Gasteiger partial charge >= 0.3 is 0 Å². The van der Waals surface area contributed by atoms with Gasteiger partial charge in [-0.2, -0.15) is 5.10 Å². The van der Waals surface area contributed by atoms with E-state index in [4.69, 9.17) is 11.6 Å². The Labute approximate surface area is 104 Å². The summed E-state index contributed by atoms with van der Waals surface area (Å²) >= 11 is 5.75. The Hall–Kier alpha value is -1.87. The minimum atomic E-state index is 0.422. The fourth-order valence-corrected chi connectivity index (χ4v) is 1.98. The van der Waals surface area contributed by atoms with Gasteiger partial charge in [0.15, 0.2) is 0 Å². The molecule has 0 atom stereocenters. The predicted octanol–water partition coefficient (Wildman–Crippen LogP) is 3.16. The minimum absolute atomic E-state index is 0.422. The molecule has 0 unspecified atom stereocenters. The lowest BCUT2D eigenvalue weighted by molar-refractivity contribution is 0.863. The Morgan fingerprint density at radius 2 is 2.00 bits per heavy atom. The van der Waals surface area contributed by atoms with Crippen LogP contribution in [0.1, 0.15) is 5.69 Å². The molecule has 0 aliphatic rings. The highest BCUT2D eigenvalue weighted by Gasteiger charge is 2.05. The Morgan fingerprint density at radius 3 is 2.82 bits per heavy atom. The largest absolute Gasteiger partial charge is 0.254 e. The quantitative estimate of drug-likeness (QED) is 0.648. The predicted molar refractivity (Wildman–Crippen MR) is 68.4 cm³/mol. The molecule has 0 radical (unpaired) electrons. The first-order chi connectivity index (χ1) is 8.38. The van der Waals surface area contributed by atoms with Gasteiger partial charge in [-0.05, 0) is 18.2 Å². The standard InChI is InChI=1S/C13H10ClN3/c14-9-11-6-8-17(16-11)12-5-1-3-10-4-2-7-15-13(10)12/h1-8H,9H2. The summed E-state index contributed by atoms with van der Waals surface area (Å²) in [5.74, 6) is 0.422. The highest BCUT2D eigenvalue weighted by atomic mass is 35.5. The topological polar surface area (TPSA) is 30.7 Å². The smallest absolute Gasteiger partial charge is 0.0958 e. The summed E-state index contributed by atoms with van der Waals surface area (Å²) in [6, 6.07) is 11.9. The highest BCUT2D eigenvalue weighted by Crippen LogP contribution is 2.19. The third kappa shape index (κ3) is 1.78. The number of alkyl halides is 1. The van der Waals surface area contributed by atoms with E-state index in [1.165, 1.54) is 0 Å². The lowest BCUT2D eigenvalue weighted by Gasteiger charge is -2.05. The molecule has 0 bridgehead atoms. The molecule has 0 aliphatic heterocycles. The second-order valence-electron chi connectivity index (χ2n) is 3.74. The Bertz CT molecular complexity index is 655. The van der Waals surface area contributed by atoms with Crippen LogP contribution in [0.5, 0.6) is 0 Å². The van der Waals surface area contributed by atoms with E-state index in [9.17, 15) is 0 Å². The molecular formula is C13H10ClN3. The molecule has 3 nitrogen and oxygen atoms in total. The molecule has 0 fully saturated rings. The third-order valence-electron chi connectivity index (χ3n) is 2.64. The molecule has 84 valence electrons. The third-order valence-corrected chi connectivity index (χ3v) is 2.91. The van der Waals surface area contributed by atoms with Gasteiger partial charge in [0.25, 0.3) is 0 Å². The van der Waals surface area contributed by atoms with Gasteiger partial charge < -0.3 is 0 Å². The zero-order valence-electron chi connectivity index (χ0n) is 9.05. The molecule has 0 spiro atoms. The van der Waals surface area contributed by atoms with Crippen LogP contribution < -0.4 is 0 Å². The number of fused-ring (bicyclic) bond motifs is 1. The van der Waals surface area contributed by atoms with Crippen LogP contribution in [0.4, 0.5) is 0 Å². The number of rotatable bonds is 2. The lowest BCUT2D eigenvalue weighted by atomic mass is 10.2. The highest BCUT2D eigenvalue weighted by molar-refractivity contribution is 6.16. The second-order valence-corrected chi connectivity index (χ2v) is 4.00. The summed E-state index contributed by atoms with van der Waals surface area (Å²) in [6.07, 6.45) is 3.69. The van der Waals surface area contributed by atoms with Crippen molar-refractivity contribution in [1.82, 2.24) is 14.8 Å². The monoisotopic (exact) mass is 243 g/mol. The first-order valence-electron chi connectivity index (χ1n) is 5.33. The van der Waals surface area contributed by atoms with Gasteiger partial charge in [-0.25, -0.2) is 4.68 Å². The second kappa shape index (κ2) is 4.18. The summed E-state index contributed by atoms with van der Waals surface area (Å²) in [4.78, 5) is 4.40. The molecule has 2 heterocycles. The number of aromatic nitrogens is 3. The van der Waals surface area contributed by atoms with E-state index < -0.39 is 0 Å². The maximum atomic E-state index is 5.75. The molecule has 0 aliphatic carbocycles. The van der Waals surface area contributed by atoms with Crippen molar-refractivity contribution in [2.75, 3.05) is 0 Å². The van der Waals surface area contributed by atoms with Crippen LogP contribution in [0.3, 0.4) is 0 Å². The summed E-state index contributed by atoms with van der Waals surface area (Å²) < 4.78 is 1.81. The van der Waals surface area contributed by atoms with Crippen LogP contribution in [0.25, 0.3) is 16.6 Å². The first kappa shape index (κ1) is 10.3. The van der Waals surface area contributed by atoms with E-state index >= 15 is 0 Å². The number of para-hydroxylation sites is 1. The molecule has 3 aromatic rings. The van der Waals surface area contributed by atoms with E-state index in [0.717, 1.165) is 22.3 Å². The van der Waals surface area contributed by atoms with Gasteiger partial charge in [0.1, 0.15) is 0 Å². The molecular weight excluding hydrogens is 234 g/mol. The number of nitrogens with zero attached hydrogens (tertiary/aromatic N) is 3. The van der Waals surface area contributed by atoms with Crippen molar-refractivity contribution < 1.29 is 0 Å². The van der Waals surface area contributed by atoms with Crippen LogP contribution in [0.15, 0.2) is 48.8 Å². The Balaban J connectivity index is 2.23. The lowest BCUT2D eigenvalue weighted by Crippen LogP contribution is -1.97. The summed E-state index contributed by atoms with van der Waals surface area (Å²) in [5.41, 5.74) is 2.78. The number of benzene rings is 1. The average Bonchev–Trinajstić information content (AvgIpc) is 2.87. The van der Waals surface area contributed by atoms with Crippen molar-refractivity contribution in [3.63, 3.8) is 0 Å². The van der Waals surface area contributed by atoms with Gasteiger partial charge in [-0.1, -0.05) is 18.2 Å². The normalized spacial score (nSPS) is 10.9. The Morgan fingerprint density at radius 1 is 1.12 bits per heavy atom. The van der Waals surface area contributed by atoms with Crippen LogP contribution in [0, 0.1) is 0 Å². The van der Waals surface area contributed by atoms with Gasteiger partial charge in [0.05, 0.1) is 22.8 Å². The van der Waals surface area contributed by atoms with Crippen molar-refractivity contribution in [3.05, 3.63) is 54.5 Å². The van der Waals surface area contributed by atoms with Crippen molar-refractivity contribution in [2.24, 2.45) is 0 Å². The van der Waals surface area contributed by atoms with Gasteiger partial charge in [0, 0.05) is 17.8 Å². The van der Waals surface area contributed by atoms with E-state index in [0.29, 0.717) is 5.88 Å². The number of pyridine rings is 1. The zero-order valence-corrected chi connectivity index (χ0v) is 9.80. The summed E-state index contributed by atoms with van der Waals surface area (Å²) in [7, 11) is 0. The fraction of sp³-hybridized carbons (Fsp3) is 0.0769. The molecule has 17 heavy (non-hydrogen) atoms. The zero-order chi connectivity index (χ0) is 11.7. The molecule has 4 heteroatoms. The summed E-state index contributed by atoms with van der Waals surface area (Å²) in [6.45, 7) is 0. The number of halogens is 1. The van der Waals surface area contributed by atoms with E-state index in [2.05, 4.69) is 10.1 Å². The van der Waals surface area contributed by atoms with Crippen LogP contribution in [0.2, 0.25) is 0 Å². The molecule has 1 aromatic carbocycles. The summed E-state index contributed by atoms with van der Waals surface area (Å²) in [5, 5.41) is 5.50. The van der Waals surface area contributed by atoms with Crippen molar-refractivity contribution in [3.8, 4) is 5.69 Å². The van der Waals surface area contributed by atoms with Crippen LogP contribution >= 0.6 is 11.6 Å². The molecule has 2 aromatic heterocycles. The van der Waals surface area contributed by atoms with Crippen molar-refractivity contribution in [2.45, 2.75) is 5.88 Å². The minimum Gasteiger partial charge on any atom is -0.254 e. The van der Waals surface area contributed by atoms with Gasteiger partial charge in [-0.3, -0.25) is 4.98 Å². The van der Waals surface area contributed by atoms with Crippen molar-refractivity contribution in [1.29, 1.82) is 0 Å². The maximum absolute atomic E-state index is 5.75. The Kier molecular flexibility index (Phi) is 2.53. The maximum Gasteiger partial charge on any atom is 0.0958 e. The van der Waals surface area contributed by atoms with Crippen LogP contribution in [-0.4, -0.2) is 14.8 Å². The van der Waals surface area contributed by atoms with Crippen LogP contribution in [-0.2, 0) is 5.88 Å². The van der Waals surface area contributed by atoms with Gasteiger partial charge in [-0.15, -0.1) is 11.6 Å². The van der Waals surface area contributed by atoms with Crippen molar-refractivity contribution >= 4 is 22.5 Å². The molecule has 0 N–H and O–H groups in total. The SMILES string of the molecule is ClCc1ccn(-c2cccc3cccnc23)n1. The molecule has 0 amide bonds. The molecule has 3 rings (SSSR count). The van der Waals surface area contributed by atoms with E-state index in [1.54, 1.807) is 6.20 Å². The number of hydrogen-bond acceptors (Lipinski definition) is 2. The van der Waals surface area contributed by atoms with E-state index in [1.807, 2.05) is 47.3 Å².